The third-order valence-electron chi connectivity index (χ3n) is 9.39. The summed E-state index contributed by atoms with van der Waals surface area (Å²) in [5.74, 6) is -1.15. The number of para-hydroxylation sites is 1. The number of nitrogens with zero attached hydrogens (tertiary/aromatic N) is 5. The summed E-state index contributed by atoms with van der Waals surface area (Å²) in [6.45, 7) is 3.38. The van der Waals surface area contributed by atoms with Crippen LogP contribution >= 0.6 is 0 Å². The molecule has 9 nitrogen and oxygen atoms in total. The topological polar surface area (TPSA) is 94.4 Å². The number of hydrogen-bond acceptors (Lipinski definition) is 8. The fraction of sp³-hybridized carbons (Fsp3) is 0.351. The lowest BCUT2D eigenvalue weighted by Crippen LogP contribution is -2.43. The first-order valence-corrected chi connectivity index (χ1v) is 16.2. The number of dihydropyridines is 1. The van der Waals surface area contributed by atoms with E-state index in [0.717, 1.165) is 32.5 Å². The SMILES string of the molecule is CC1=C(C(=O)OCCCN2CCC(c3ccccc3)(c3ccccc3)CC2)C(c2ccccc2OC(F)F)C(c2nnn(C)n2)=C(C)N1. The molecule has 0 saturated carbocycles. The lowest BCUT2D eigenvalue weighted by Gasteiger charge is -2.43. The summed E-state index contributed by atoms with van der Waals surface area (Å²) in [5.41, 5.74) is 5.04. The Morgan fingerprint density at radius 1 is 0.938 bits per heavy atom. The maximum atomic E-state index is 13.9. The summed E-state index contributed by atoms with van der Waals surface area (Å²) in [7, 11) is 1.63. The zero-order valence-corrected chi connectivity index (χ0v) is 27.4. The Kier molecular flexibility index (Phi) is 9.95. The maximum Gasteiger partial charge on any atom is 0.387 e. The van der Waals surface area contributed by atoms with Crippen molar-refractivity contribution in [3.8, 4) is 5.75 Å². The largest absolute Gasteiger partial charge is 0.462 e. The molecular formula is C37H40F2N6O3. The quantitative estimate of drug-likeness (QED) is 0.151. The highest BCUT2D eigenvalue weighted by molar-refractivity contribution is 5.97. The van der Waals surface area contributed by atoms with Crippen LogP contribution in [0.25, 0.3) is 5.57 Å². The monoisotopic (exact) mass is 654 g/mol. The molecule has 3 aromatic carbocycles. The second-order valence-electron chi connectivity index (χ2n) is 12.3. The van der Waals surface area contributed by atoms with Gasteiger partial charge in [-0.15, -0.1) is 10.2 Å². The van der Waals surface area contributed by atoms with Crippen LogP contribution in [0, 0.1) is 0 Å². The standard InChI is InChI=1S/C37H40F2N6O3/c1-25-31(34-41-43-44(3)42-34)33(29-17-10-11-18-30(29)48-36(38)39)32(26(2)40-25)35(46)47-24-12-21-45-22-19-37(20-23-45,27-13-6-4-7-14-27)28-15-8-5-9-16-28/h4-11,13-18,33,36,40H,12,19-24H2,1-3H3. The number of alkyl halides is 2. The molecule has 6 rings (SSSR count). The van der Waals surface area contributed by atoms with Gasteiger partial charge in [-0.2, -0.15) is 13.6 Å². The lowest BCUT2D eigenvalue weighted by atomic mass is 9.68. The van der Waals surface area contributed by atoms with Crippen molar-refractivity contribution >= 4 is 11.5 Å². The van der Waals surface area contributed by atoms with Gasteiger partial charge in [0.25, 0.3) is 0 Å². The van der Waals surface area contributed by atoms with Crippen LogP contribution in [0.5, 0.6) is 5.75 Å². The predicted octanol–water partition coefficient (Wildman–Crippen LogP) is 6.22. The number of piperidine rings is 1. The third-order valence-corrected chi connectivity index (χ3v) is 9.39. The molecule has 2 aliphatic heterocycles. The molecule has 0 amide bonds. The highest BCUT2D eigenvalue weighted by Gasteiger charge is 2.39. The lowest BCUT2D eigenvalue weighted by molar-refractivity contribution is -0.139. The van der Waals surface area contributed by atoms with Gasteiger partial charge in [0, 0.05) is 34.5 Å². The Bertz CT molecular complexity index is 1740. The number of rotatable bonds is 11. The van der Waals surface area contributed by atoms with E-state index < -0.39 is 18.5 Å². The number of allylic oxidation sites excluding steroid dienone is 3. The van der Waals surface area contributed by atoms with E-state index in [9.17, 15) is 13.6 Å². The van der Waals surface area contributed by atoms with E-state index in [1.807, 2.05) is 6.92 Å². The Labute approximate surface area is 279 Å². The van der Waals surface area contributed by atoms with E-state index in [1.54, 1.807) is 32.2 Å². The molecule has 1 fully saturated rings. The van der Waals surface area contributed by atoms with Gasteiger partial charge in [0.05, 0.1) is 25.1 Å². The Hall–Kier alpha value is -4.90. The number of ether oxygens (including phenoxy) is 2. The molecule has 0 spiro atoms. The predicted molar refractivity (Wildman–Crippen MR) is 178 cm³/mol. The summed E-state index contributed by atoms with van der Waals surface area (Å²) in [4.78, 5) is 17.6. The van der Waals surface area contributed by atoms with Crippen LogP contribution in [-0.4, -0.2) is 63.9 Å². The van der Waals surface area contributed by atoms with Gasteiger partial charge >= 0.3 is 12.6 Å². The molecule has 1 N–H and O–H groups in total. The number of tetrazole rings is 1. The first kappa shape index (κ1) is 33.0. The molecule has 1 atom stereocenters. The molecule has 1 saturated heterocycles. The molecule has 0 radical (unpaired) electrons. The molecule has 48 heavy (non-hydrogen) atoms. The smallest absolute Gasteiger partial charge is 0.387 e. The molecule has 0 aliphatic carbocycles. The number of likely N-dealkylation sites (tertiary alicyclic amines) is 1. The van der Waals surface area contributed by atoms with Crippen LogP contribution in [0.4, 0.5) is 8.78 Å². The van der Waals surface area contributed by atoms with E-state index in [-0.39, 0.29) is 29.2 Å². The van der Waals surface area contributed by atoms with E-state index in [2.05, 4.69) is 86.3 Å². The molecule has 3 heterocycles. The van der Waals surface area contributed by atoms with Gasteiger partial charge in [-0.1, -0.05) is 78.9 Å². The number of nitrogens with one attached hydrogen (secondary N) is 1. The fourth-order valence-electron chi connectivity index (χ4n) is 7.13. The zero-order chi connectivity index (χ0) is 33.7. The van der Waals surface area contributed by atoms with Gasteiger partial charge in [-0.3, -0.25) is 0 Å². The van der Waals surface area contributed by atoms with Crippen LogP contribution in [0.2, 0.25) is 0 Å². The number of carbonyl (C=O) groups is 1. The Morgan fingerprint density at radius 3 is 2.17 bits per heavy atom. The van der Waals surface area contributed by atoms with E-state index >= 15 is 0 Å². The minimum absolute atomic E-state index is 0.0375. The van der Waals surface area contributed by atoms with Crippen molar-refractivity contribution in [2.24, 2.45) is 7.05 Å². The van der Waals surface area contributed by atoms with Crippen molar-refractivity contribution in [3.63, 3.8) is 0 Å². The average Bonchev–Trinajstić information content (AvgIpc) is 3.52. The highest BCUT2D eigenvalue weighted by atomic mass is 19.3. The van der Waals surface area contributed by atoms with Gasteiger partial charge in [-0.05, 0) is 68.6 Å². The summed E-state index contributed by atoms with van der Waals surface area (Å²) >= 11 is 0. The molecular weight excluding hydrogens is 614 g/mol. The minimum Gasteiger partial charge on any atom is -0.462 e. The Balaban J connectivity index is 1.15. The van der Waals surface area contributed by atoms with Crippen molar-refractivity contribution in [1.29, 1.82) is 0 Å². The molecule has 0 bridgehead atoms. The van der Waals surface area contributed by atoms with Gasteiger partial charge in [0.1, 0.15) is 5.75 Å². The number of halogens is 2. The van der Waals surface area contributed by atoms with Crippen molar-refractivity contribution < 1.29 is 23.0 Å². The van der Waals surface area contributed by atoms with E-state index in [0.29, 0.717) is 29.0 Å². The second kappa shape index (κ2) is 14.5. The molecule has 1 aromatic heterocycles. The van der Waals surface area contributed by atoms with Crippen molar-refractivity contribution in [1.82, 2.24) is 30.4 Å². The van der Waals surface area contributed by atoms with Crippen molar-refractivity contribution in [2.75, 3.05) is 26.2 Å². The van der Waals surface area contributed by atoms with Crippen LogP contribution < -0.4 is 10.1 Å². The summed E-state index contributed by atoms with van der Waals surface area (Å²) < 4.78 is 37.8. The molecule has 4 aromatic rings. The van der Waals surface area contributed by atoms with Crippen LogP contribution in [0.1, 0.15) is 61.5 Å². The molecule has 11 heteroatoms. The van der Waals surface area contributed by atoms with Crippen LogP contribution in [0.3, 0.4) is 0 Å². The first-order chi connectivity index (χ1) is 23.3. The zero-order valence-electron chi connectivity index (χ0n) is 27.4. The van der Waals surface area contributed by atoms with Crippen molar-refractivity contribution in [3.05, 3.63) is 124 Å². The van der Waals surface area contributed by atoms with Gasteiger partial charge in [-0.25, -0.2) is 4.79 Å². The van der Waals surface area contributed by atoms with Crippen LogP contribution in [-0.2, 0) is 22.0 Å². The van der Waals surface area contributed by atoms with Gasteiger partial charge in [0.2, 0.25) is 5.82 Å². The molecule has 250 valence electrons. The summed E-state index contributed by atoms with van der Waals surface area (Å²) in [5, 5.41) is 15.8. The number of aryl methyl sites for hydroxylation is 1. The molecule has 2 aliphatic rings. The highest BCUT2D eigenvalue weighted by Crippen LogP contribution is 2.46. The average molecular weight is 655 g/mol. The normalized spacial score (nSPS) is 18.2. The summed E-state index contributed by atoms with van der Waals surface area (Å²) in [6, 6.07) is 27.9. The number of esters is 1. The third kappa shape index (κ3) is 6.87. The van der Waals surface area contributed by atoms with Crippen molar-refractivity contribution in [2.45, 2.75) is 51.1 Å². The molecule has 1 unspecified atom stereocenters. The van der Waals surface area contributed by atoms with E-state index in [4.69, 9.17) is 9.47 Å². The van der Waals surface area contributed by atoms with Gasteiger partial charge in [0.15, 0.2) is 0 Å². The van der Waals surface area contributed by atoms with Gasteiger partial charge < -0.3 is 19.7 Å². The second-order valence-corrected chi connectivity index (χ2v) is 12.3. The fourth-order valence-corrected chi connectivity index (χ4v) is 7.13. The number of hydrogen-bond donors (Lipinski definition) is 1. The Morgan fingerprint density at radius 2 is 1.56 bits per heavy atom. The van der Waals surface area contributed by atoms with E-state index in [1.165, 1.54) is 22.0 Å². The minimum atomic E-state index is -3.04. The maximum absolute atomic E-state index is 13.9. The first-order valence-electron chi connectivity index (χ1n) is 16.2. The number of carbonyl (C=O) groups excluding carboxylic acids is 1. The number of aromatic nitrogens is 4. The summed E-state index contributed by atoms with van der Waals surface area (Å²) in [6.07, 6.45) is 2.63. The van der Waals surface area contributed by atoms with Crippen LogP contribution in [0.15, 0.2) is 102 Å². The number of benzene rings is 3.